The van der Waals surface area contributed by atoms with E-state index in [2.05, 4.69) is 0 Å². The number of carboxylic acids is 8. The van der Waals surface area contributed by atoms with Crippen LogP contribution < -0.4 is 315 Å². The van der Waals surface area contributed by atoms with Gasteiger partial charge in [-0.3, -0.25) is 0 Å². The second-order valence-electron chi connectivity index (χ2n) is 21.2. The van der Waals surface area contributed by atoms with Crippen LogP contribution >= 0.6 is 0 Å². The van der Waals surface area contributed by atoms with Gasteiger partial charge in [0.05, 0.1) is 47.8 Å². The molecule has 0 saturated heterocycles. The van der Waals surface area contributed by atoms with E-state index in [1.165, 1.54) is 24.3 Å². The number of carboxylic acid groups (broad SMARTS) is 8. The Labute approximate surface area is 736 Å². The van der Waals surface area contributed by atoms with Crippen molar-refractivity contribution in [3.8, 4) is 46.0 Å². The predicted octanol–water partition coefficient (Wildman–Crippen LogP) is -24.1. The van der Waals surface area contributed by atoms with Crippen molar-refractivity contribution in [3.05, 3.63) is 93.0 Å². The van der Waals surface area contributed by atoms with E-state index in [1.807, 2.05) is 27.7 Å². The van der Waals surface area contributed by atoms with Gasteiger partial charge in [0.1, 0.15) is 98.9 Å². The van der Waals surface area contributed by atoms with Crippen LogP contribution in [0.3, 0.4) is 0 Å². The van der Waals surface area contributed by atoms with Crippen molar-refractivity contribution in [2.75, 3.05) is 52.9 Å². The molecule has 0 unspecified atom stereocenters. The standard InChI is InChI=1S/C64H80O24.8Na/c1-5-9-13-17-37-41-21-43(51(83-31-59(69)70)25-49(41)81-29-57(65)66)38(18-14-10-6-2)45-23-47(55(87-35-63(77)78)27-53(45)85-33-61(73)74)40(20-16-12-8-4)48-24-46(54(86-34-62(75)76)28-56(48)88-36-64(79)80)39(19-15-11-7-3)44-22-42(37)50(82-30-58(67)68)26-52(44)84-32-60(71)72;;;;;;;;/h21-28,37-40H,5-20,29-36H2,1-4H3,(H,65,66)(H,67,68)(H,69,70)(H,71,72)(H,73,74)(H,75,76)(H,77,78)(H,79,80);;;;;;;;/q;8*+1/p-8. The molecule has 0 N–H and O–H groups in total. The second kappa shape index (κ2) is 53.8. The number of carbonyl (C=O) groups is 8. The third kappa shape index (κ3) is 32.8. The first-order valence-corrected chi connectivity index (χ1v) is 29.4. The molecule has 0 saturated carbocycles. The van der Waals surface area contributed by atoms with E-state index in [1.54, 1.807) is 24.3 Å². The van der Waals surface area contributed by atoms with Crippen molar-refractivity contribution < 1.29 is 354 Å². The van der Waals surface area contributed by atoms with Crippen LogP contribution in [0.1, 0.15) is 199 Å². The number of carbonyl (C=O) groups excluding carboxylic acids is 8. The molecule has 1 aliphatic rings. The van der Waals surface area contributed by atoms with E-state index in [4.69, 9.17) is 37.9 Å². The molecule has 24 nitrogen and oxygen atoms in total. The van der Waals surface area contributed by atoms with Crippen LogP contribution in [-0.2, 0) is 38.4 Å². The minimum Gasteiger partial charge on any atom is -0.546 e. The summed E-state index contributed by atoms with van der Waals surface area (Å²) in [6.07, 6.45) is 6.95. The maximum absolute atomic E-state index is 12.4. The minimum absolute atomic E-state index is 0. The van der Waals surface area contributed by atoms with Gasteiger partial charge in [-0.05, 0) is 49.9 Å². The van der Waals surface area contributed by atoms with E-state index in [0.29, 0.717) is 77.0 Å². The monoisotopic (exact) mass is 1410 g/mol. The van der Waals surface area contributed by atoms with Gasteiger partial charge in [0, 0.05) is 92.4 Å². The minimum atomic E-state index is -1.69. The SMILES string of the molecule is CCCCCC1c2cc(c(OCC(=O)[O-])cc2OCC(=O)[O-])C(CCCCC)c2cc(c(OCC(=O)[O-])cc2OCC(=O)[O-])C(CCCCC)c2cc(c(OCC(=O)[O-])cc2OCC(=O)[O-])C(CCCCC)c2cc1c(OCC(=O)[O-])cc2OCC(=O)[O-].[Na+].[Na+].[Na+].[Na+].[Na+].[Na+].[Na+].[Na+]. The van der Waals surface area contributed by atoms with Crippen LogP contribution in [0.15, 0.2) is 48.5 Å². The smallest absolute Gasteiger partial charge is 0.546 e. The quantitative estimate of drug-likeness (QED) is 0.0295. The Balaban J connectivity index is -0.00000529. The van der Waals surface area contributed by atoms with Crippen LogP contribution in [0, 0.1) is 0 Å². The first-order chi connectivity index (χ1) is 42.1. The van der Waals surface area contributed by atoms with Crippen LogP contribution in [0.25, 0.3) is 0 Å². The molecular weight excluding hydrogens is 1340 g/mol. The van der Waals surface area contributed by atoms with Gasteiger partial charge in [0.25, 0.3) is 0 Å². The van der Waals surface area contributed by atoms with E-state index in [0.717, 1.165) is 0 Å². The Morgan fingerprint density at radius 3 is 0.469 bits per heavy atom. The third-order valence-electron chi connectivity index (χ3n) is 14.7. The molecule has 32 heteroatoms. The number of hydrogen-bond acceptors (Lipinski definition) is 24. The number of unbranched alkanes of at least 4 members (excludes halogenated alkanes) is 8. The topological polar surface area (TPSA) is 395 Å². The average Bonchev–Trinajstić information content (AvgIpc) is 0.753. The Kier molecular flexibility index (Phi) is 56.8. The summed E-state index contributed by atoms with van der Waals surface area (Å²) in [5, 5.41) is 99.0. The molecular formula is C64H72Na8O24. The molecule has 5 rings (SSSR count). The van der Waals surface area contributed by atoms with Crippen LogP contribution in [0.4, 0.5) is 0 Å². The average molecular weight is 1410 g/mol. The van der Waals surface area contributed by atoms with Crippen molar-refractivity contribution in [1.29, 1.82) is 0 Å². The van der Waals surface area contributed by atoms with Crippen LogP contribution in [0.5, 0.6) is 46.0 Å². The Bertz CT molecular complexity index is 2540. The van der Waals surface area contributed by atoms with E-state index in [-0.39, 0.29) is 353 Å². The summed E-state index contributed by atoms with van der Waals surface area (Å²) >= 11 is 0. The fraction of sp³-hybridized carbons (Fsp3) is 0.500. The summed E-state index contributed by atoms with van der Waals surface area (Å²) in [4.78, 5) is 99.0. The van der Waals surface area contributed by atoms with Gasteiger partial charge in [0.2, 0.25) is 0 Å². The molecule has 4 aromatic carbocycles. The normalized spacial score (nSPS) is 13.8. The number of rotatable bonds is 40. The molecule has 0 aromatic heterocycles. The number of ether oxygens (including phenoxy) is 8. The molecule has 480 valence electrons. The molecule has 0 atom stereocenters. The maximum Gasteiger partial charge on any atom is 1.00 e. The summed E-state index contributed by atoms with van der Waals surface area (Å²) in [5.41, 5.74) is 1.29. The molecule has 0 spiro atoms. The summed E-state index contributed by atoms with van der Waals surface area (Å²) in [6.45, 7) is -0.973. The molecule has 0 fully saturated rings. The Morgan fingerprint density at radius 1 is 0.240 bits per heavy atom. The number of benzene rings is 4. The van der Waals surface area contributed by atoms with Crippen molar-refractivity contribution in [2.45, 2.75) is 154 Å². The Hall–Kier alpha value is -0.960. The zero-order valence-electron chi connectivity index (χ0n) is 57.7. The Morgan fingerprint density at radius 2 is 0.365 bits per heavy atom. The number of hydrogen-bond donors (Lipinski definition) is 0. The number of aliphatic carboxylic acids is 8. The van der Waals surface area contributed by atoms with Gasteiger partial charge < -0.3 is 117 Å². The van der Waals surface area contributed by atoms with Crippen molar-refractivity contribution in [3.63, 3.8) is 0 Å². The molecule has 4 aromatic rings. The van der Waals surface area contributed by atoms with Gasteiger partial charge in [-0.1, -0.05) is 105 Å². The van der Waals surface area contributed by atoms with Crippen molar-refractivity contribution in [1.82, 2.24) is 0 Å². The molecule has 0 radical (unpaired) electrons. The molecule has 0 amide bonds. The van der Waals surface area contributed by atoms with Gasteiger partial charge in [-0.2, -0.15) is 0 Å². The van der Waals surface area contributed by atoms with Crippen LogP contribution in [0.2, 0.25) is 0 Å². The predicted molar refractivity (Wildman–Crippen MR) is 294 cm³/mol. The van der Waals surface area contributed by atoms with Gasteiger partial charge in [-0.25, -0.2) is 0 Å². The third-order valence-corrected chi connectivity index (χ3v) is 14.7. The van der Waals surface area contributed by atoms with E-state index >= 15 is 0 Å². The molecule has 1 aliphatic carbocycles. The number of fused-ring (bicyclic) bond motifs is 8. The summed E-state index contributed by atoms with van der Waals surface area (Å²) < 4.78 is 48.3. The zero-order chi connectivity index (χ0) is 64.5. The van der Waals surface area contributed by atoms with E-state index < -0.39 is 124 Å². The summed E-state index contributed by atoms with van der Waals surface area (Å²) in [7, 11) is 0. The summed E-state index contributed by atoms with van der Waals surface area (Å²) in [5.74, 6) is -19.5. The molecule has 0 aliphatic heterocycles. The molecule has 0 heterocycles. The summed E-state index contributed by atoms with van der Waals surface area (Å²) in [6, 6.07) is 11.3. The van der Waals surface area contributed by atoms with Gasteiger partial charge in [0.15, 0.2) is 0 Å². The zero-order valence-corrected chi connectivity index (χ0v) is 73.7. The van der Waals surface area contributed by atoms with Crippen LogP contribution in [-0.4, -0.2) is 101 Å². The van der Waals surface area contributed by atoms with E-state index in [9.17, 15) is 79.2 Å². The van der Waals surface area contributed by atoms with Crippen molar-refractivity contribution in [2.24, 2.45) is 0 Å². The first-order valence-electron chi connectivity index (χ1n) is 29.4. The van der Waals surface area contributed by atoms with Gasteiger partial charge >= 0.3 is 236 Å². The molecule has 8 bridgehead atoms. The molecule has 96 heavy (non-hydrogen) atoms. The fourth-order valence-electron chi connectivity index (χ4n) is 11.0. The second-order valence-corrected chi connectivity index (χ2v) is 21.2. The maximum atomic E-state index is 12.4. The van der Waals surface area contributed by atoms with Crippen molar-refractivity contribution >= 4 is 47.8 Å². The van der Waals surface area contributed by atoms with Gasteiger partial charge in [-0.15, -0.1) is 0 Å². The fourth-order valence-corrected chi connectivity index (χ4v) is 11.0. The first kappa shape index (κ1) is 101. The largest absolute Gasteiger partial charge is 1.00 e.